The Morgan fingerprint density at radius 1 is 1.10 bits per heavy atom. The van der Waals surface area contributed by atoms with Gasteiger partial charge in [-0.1, -0.05) is 18.2 Å². The molecule has 0 bridgehead atoms. The zero-order chi connectivity index (χ0) is 13.9. The molecule has 2 aromatic carbocycles. The van der Waals surface area contributed by atoms with E-state index >= 15 is 0 Å². The third-order valence-electron chi connectivity index (χ3n) is 3.45. The fourth-order valence-electron chi connectivity index (χ4n) is 2.43. The molecule has 3 nitrogen and oxygen atoms in total. The lowest BCUT2D eigenvalue weighted by atomic mass is 10.2. The maximum absolute atomic E-state index is 6.01. The molecule has 0 saturated carbocycles. The smallest absolute Gasteiger partial charge is 0.120 e. The maximum Gasteiger partial charge on any atom is 0.120 e. The number of nitrogens with two attached hydrogens (primary N) is 1. The molecule has 0 atom stereocenters. The van der Waals surface area contributed by atoms with Gasteiger partial charge in [0.05, 0.1) is 6.61 Å². The molecule has 20 heavy (non-hydrogen) atoms. The predicted octanol–water partition coefficient (Wildman–Crippen LogP) is 3.67. The lowest BCUT2D eigenvalue weighted by Crippen LogP contribution is -2.01. The fourth-order valence-corrected chi connectivity index (χ4v) is 2.43. The highest BCUT2D eigenvalue weighted by atomic mass is 16.5. The van der Waals surface area contributed by atoms with E-state index in [9.17, 15) is 0 Å². The second-order valence-electron chi connectivity index (χ2n) is 4.80. The Labute approximate surface area is 118 Å². The summed E-state index contributed by atoms with van der Waals surface area (Å²) in [4.78, 5) is 0. The molecule has 3 aromatic rings. The van der Waals surface area contributed by atoms with Gasteiger partial charge in [-0.05, 0) is 42.8 Å². The molecule has 0 spiro atoms. The molecule has 0 saturated heterocycles. The highest BCUT2D eigenvalue weighted by Crippen LogP contribution is 2.23. The predicted molar refractivity (Wildman–Crippen MR) is 83.1 cm³/mol. The number of ether oxygens (including phenoxy) is 1. The summed E-state index contributed by atoms with van der Waals surface area (Å²) in [6.45, 7) is 3.46. The number of benzene rings is 2. The van der Waals surface area contributed by atoms with Crippen molar-refractivity contribution >= 4 is 16.6 Å². The number of hydrogen-bond acceptors (Lipinski definition) is 2. The number of fused-ring (bicyclic) bond motifs is 1. The Bertz CT molecular complexity index is 731. The highest BCUT2D eigenvalue weighted by molar-refractivity contribution is 5.81. The van der Waals surface area contributed by atoms with Gasteiger partial charge in [-0.25, -0.2) is 0 Å². The van der Waals surface area contributed by atoms with Crippen molar-refractivity contribution in [2.75, 3.05) is 12.3 Å². The summed E-state index contributed by atoms with van der Waals surface area (Å²) in [5.74, 6) is 0.914. The number of anilines is 1. The van der Waals surface area contributed by atoms with Crippen LogP contribution < -0.4 is 10.5 Å². The number of rotatable bonds is 4. The minimum Gasteiger partial charge on any atom is -0.494 e. The number of aromatic nitrogens is 1. The third kappa shape index (κ3) is 2.35. The van der Waals surface area contributed by atoms with Crippen molar-refractivity contribution < 1.29 is 4.74 Å². The molecular weight excluding hydrogens is 248 g/mol. The van der Waals surface area contributed by atoms with E-state index in [2.05, 4.69) is 35.0 Å². The molecule has 3 rings (SSSR count). The lowest BCUT2D eigenvalue weighted by molar-refractivity contribution is 0.340. The average Bonchev–Trinajstić information content (AvgIpc) is 2.84. The molecule has 3 heteroatoms. The zero-order valence-corrected chi connectivity index (χ0v) is 11.5. The fraction of sp³-hybridized carbons (Fsp3) is 0.176. The van der Waals surface area contributed by atoms with E-state index in [1.165, 1.54) is 10.9 Å². The molecule has 102 valence electrons. The van der Waals surface area contributed by atoms with Crippen LogP contribution in [0.2, 0.25) is 0 Å². The van der Waals surface area contributed by atoms with E-state index in [1.54, 1.807) is 0 Å². The molecular formula is C17H18N2O. The summed E-state index contributed by atoms with van der Waals surface area (Å²) in [6, 6.07) is 16.3. The van der Waals surface area contributed by atoms with Gasteiger partial charge < -0.3 is 15.0 Å². The normalized spacial score (nSPS) is 10.8. The first-order valence-corrected chi connectivity index (χ1v) is 6.83. The number of para-hydroxylation sites is 1. The first-order valence-electron chi connectivity index (χ1n) is 6.83. The Morgan fingerprint density at radius 2 is 1.95 bits per heavy atom. The summed E-state index contributed by atoms with van der Waals surface area (Å²) in [5, 5.41) is 1.19. The minimum absolute atomic E-state index is 0.687. The summed E-state index contributed by atoms with van der Waals surface area (Å²) < 4.78 is 7.74. The van der Waals surface area contributed by atoms with Crippen LogP contribution in [-0.2, 0) is 6.54 Å². The first kappa shape index (κ1) is 12.6. The standard InChI is InChI=1S/C17H18N2O/c1-2-20-15-7-8-17-13(11-15)9-10-19(17)12-14-5-3-4-6-16(14)18/h3-11H,2,12,18H2,1H3. The Morgan fingerprint density at radius 3 is 2.75 bits per heavy atom. The van der Waals surface area contributed by atoms with Gasteiger partial charge in [0.15, 0.2) is 0 Å². The van der Waals surface area contributed by atoms with Crippen molar-refractivity contribution in [3.8, 4) is 5.75 Å². The van der Waals surface area contributed by atoms with Crippen molar-refractivity contribution in [1.29, 1.82) is 0 Å². The SMILES string of the molecule is CCOc1ccc2c(ccn2Cc2ccccc2N)c1. The van der Waals surface area contributed by atoms with Gasteiger partial charge >= 0.3 is 0 Å². The minimum atomic E-state index is 0.687. The monoisotopic (exact) mass is 266 g/mol. The largest absolute Gasteiger partial charge is 0.494 e. The summed E-state index contributed by atoms with van der Waals surface area (Å²) in [7, 11) is 0. The lowest BCUT2D eigenvalue weighted by Gasteiger charge is -2.09. The van der Waals surface area contributed by atoms with Crippen LogP contribution in [0.25, 0.3) is 10.9 Å². The Balaban J connectivity index is 1.95. The van der Waals surface area contributed by atoms with Crippen molar-refractivity contribution in [2.24, 2.45) is 0 Å². The molecule has 0 radical (unpaired) electrons. The van der Waals surface area contributed by atoms with E-state index in [0.717, 1.165) is 23.5 Å². The van der Waals surface area contributed by atoms with Gasteiger partial charge in [-0.2, -0.15) is 0 Å². The van der Waals surface area contributed by atoms with Gasteiger partial charge in [-0.15, -0.1) is 0 Å². The van der Waals surface area contributed by atoms with Gasteiger partial charge in [-0.3, -0.25) is 0 Å². The van der Waals surface area contributed by atoms with Crippen molar-refractivity contribution in [3.63, 3.8) is 0 Å². The molecule has 0 fully saturated rings. The molecule has 0 unspecified atom stereocenters. The number of nitrogen functional groups attached to an aromatic ring is 1. The van der Waals surface area contributed by atoms with E-state index in [1.807, 2.05) is 31.2 Å². The molecule has 2 N–H and O–H groups in total. The topological polar surface area (TPSA) is 40.2 Å². The molecule has 0 aliphatic carbocycles. The third-order valence-corrected chi connectivity index (χ3v) is 3.45. The molecule has 1 heterocycles. The molecule has 0 aliphatic heterocycles. The van der Waals surface area contributed by atoms with Crippen molar-refractivity contribution in [1.82, 2.24) is 4.57 Å². The Hall–Kier alpha value is -2.42. The van der Waals surface area contributed by atoms with Crippen LogP contribution in [0.1, 0.15) is 12.5 Å². The second-order valence-corrected chi connectivity index (χ2v) is 4.80. The quantitative estimate of drug-likeness (QED) is 0.732. The van der Waals surface area contributed by atoms with Crippen LogP contribution in [0.3, 0.4) is 0 Å². The van der Waals surface area contributed by atoms with E-state index in [-0.39, 0.29) is 0 Å². The van der Waals surface area contributed by atoms with Gasteiger partial charge in [0.25, 0.3) is 0 Å². The summed E-state index contributed by atoms with van der Waals surface area (Å²) in [6.07, 6.45) is 2.09. The van der Waals surface area contributed by atoms with Gasteiger partial charge in [0.1, 0.15) is 5.75 Å². The summed E-state index contributed by atoms with van der Waals surface area (Å²) in [5.41, 5.74) is 9.17. The Kier molecular flexibility index (Phi) is 3.33. The molecule has 0 amide bonds. The van der Waals surface area contributed by atoms with Gasteiger partial charge in [0.2, 0.25) is 0 Å². The van der Waals surface area contributed by atoms with Crippen molar-refractivity contribution in [2.45, 2.75) is 13.5 Å². The van der Waals surface area contributed by atoms with Crippen LogP contribution in [0.4, 0.5) is 5.69 Å². The zero-order valence-electron chi connectivity index (χ0n) is 11.5. The van der Waals surface area contributed by atoms with E-state index in [0.29, 0.717) is 6.61 Å². The van der Waals surface area contributed by atoms with Crippen LogP contribution in [0.15, 0.2) is 54.7 Å². The maximum atomic E-state index is 6.01. The van der Waals surface area contributed by atoms with Crippen LogP contribution in [-0.4, -0.2) is 11.2 Å². The highest BCUT2D eigenvalue weighted by Gasteiger charge is 2.05. The summed E-state index contributed by atoms with van der Waals surface area (Å²) >= 11 is 0. The van der Waals surface area contributed by atoms with E-state index in [4.69, 9.17) is 10.5 Å². The van der Waals surface area contributed by atoms with Crippen LogP contribution >= 0.6 is 0 Å². The van der Waals surface area contributed by atoms with Gasteiger partial charge in [0, 0.05) is 29.3 Å². The van der Waals surface area contributed by atoms with E-state index < -0.39 is 0 Å². The second kappa shape index (κ2) is 5.29. The van der Waals surface area contributed by atoms with Crippen LogP contribution in [0, 0.1) is 0 Å². The average molecular weight is 266 g/mol. The van der Waals surface area contributed by atoms with Crippen LogP contribution in [0.5, 0.6) is 5.75 Å². The first-order chi connectivity index (χ1) is 9.78. The number of nitrogens with zero attached hydrogens (tertiary/aromatic N) is 1. The number of hydrogen-bond donors (Lipinski definition) is 1. The molecule has 0 aliphatic rings. The molecule has 1 aromatic heterocycles. The van der Waals surface area contributed by atoms with Crippen molar-refractivity contribution in [3.05, 3.63) is 60.3 Å².